The molecule has 21 heavy (non-hydrogen) atoms. The summed E-state index contributed by atoms with van der Waals surface area (Å²) in [5.41, 5.74) is 1.54. The minimum absolute atomic E-state index is 0.203. The van der Waals surface area contributed by atoms with Crippen molar-refractivity contribution < 1.29 is 9.59 Å². The van der Waals surface area contributed by atoms with E-state index in [1.807, 2.05) is 0 Å². The van der Waals surface area contributed by atoms with Crippen molar-refractivity contribution in [2.24, 2.45) is 0 Å². The van der Waals surface area contributed by atoms with Crippen molar-refractivity contribution in [3.63, 3.8) is 0 Å². The molecule has 0 saturated heterocycles. The molecule has 1 aromatic carbocycles. The van der Waals surface area contributed by atoms with Gasteiger partial charge in [-0.05, 0) is 12.1 Å². The van der Waals surface area contributed by atoms with Crippen LogP contribution in [-0.2, 0) is 0 Å². The van der Waals surface area contributed by atoms with Crippen LogP contribution >= 0.6 is 15.9 Å². The van der Waals surface area contributed by atoms with E-state index in [9.17, 15) is 9.59 Å². The average molecular weight is 355 g/mol. The number of H-pyrrole nitrogens is 1. The third-order valence-corrected chi connectivity index (χ3v) is 3.18. The van der Waals surface area contributed by atoms with Gasteiger partial charge >= 0.3 is 6.03 Å². The normalized spacial score (nSPS) is 10.4. The molecule has 2 rings (SSSR count). The minimum Gasteiger partial charge on any atom is -0.350 e. The van der Waals surface area contributed by atoms with Gasteiger partial charge in [-0.2, -0.15) is 15.4 Å². The van der Waals surface area contributed by atoms with Crippen molar-refractivity contribution in [1.29, 1.82) is 0 Å². The van der Waals surface area contributed by atoms with E-state index in [2.05, 4.69) is 42.0 Å². The van der Waals surface area contributed by atoms with E-state index in [0.29, 0.717) is 29.7 Å². The highest BCUT2D eigenvalue weighted by molar-refractivity contribution is 9.10. The van der Waals surface area contributed by atoms with Gasteiger partial charge < -0.3 is 15.5 Å². The first-order valence-electron chi connectivity index (χ1n) is 6.22. The fourth-order valence-corrected chi connectivity index (χ4v) is 2.13. The number of hydrogen-bond donors (Lipinski definition) is 3. The molecule has 0 atom stereocenters. The van der Waals surface area contributed by atoms with Gasteiger partial charge in [0.15, 0.2) is 0 Å². The van der Waals surface area contributed by atoms with E-state index >= 15 is 0 Å². The van der Waals surface area contributed by atoms with E-state index in [-0.39, 0.29) is 11.9 Å². The quantitative estimate of drug-likeness (QED) is 0.703. The Morgan fingerprint density at radius 1 is 1.24 bits per heavy atom. The molecule has 0 fully saturated rings. The van der Waals surface area contributed by atoms with E-state index in [4.69, 9.17) is 0 Å². The van der Waals surface area contributed by atoms with E-state index in [1.165, 1.54) is 4.90 Å². The second-order valence-electron chi connectivity index (χ2n) is 4.53. The van der Waals surface area contributed by atoms with Crippen LogP contribution in [0.3, 0.4) is 0 Å². The van der Waals surface area contributed by atoms with Crippen LogP contribution < -0.4 is 10.6 Å². The second-order valence-corrected chi connectivity index (χ2v) is 5.44. The van der Waals surface area contributed by atoms with Gasteiger partial charge in [0.05, 0.1) is 5.56 Å². The van der Waals surface area contributed by atoms with Crippen LogP contribution in [0.15, 0.2) is 16.6 Å². The predicted molar refractivity (Wildman–Crippen MR) is 81.0 cm³/mol. The number of aromatic amines is 1. The Labute approximate surface area is 129 Å². The Morgan fingerprint density at radius 3 is 2.67 bits per heavy atom. The lowest BCUT2D eigenvalue weighted by Gasteiger charge is -2.12. The van der Waals surface area contributed by atoms with E-state index < -0.39 is 0 Å². The highest BCUT2D eigenvalue weighted by Gasteiger charge is 2.14. The smallest absolute Gasteiger partial charge is 0.316 e. The number of benzene rings is 1. The number of nitrogens with one attached hydrogen (secondary N) is 3. The number of urea groups is 1. The Kier molecular flexibility index (Phi) is 4.73. The average Bonchev–Trinajstić information content (AvgIpc) is 2.89. The first-order chi connectivity index (χ1) is 9.99. The maximum atomic E-state index is 12.2. The molecule has 0 unspecified atom stereocenters. The van der Waals surface area contributed by atoms with Gasteiger partial charge in [-0.25, -0.2) is 4.79 Å². The highest BCUT2D eigenvalue weighted by atomic mass is 79.9. The Hall–Kier alpha value is -2.16. The summed E-state index contributed by atoms with van der Waals surface area (Å²) in [6.07, 6.45) is 0. The number of hydrogen-bond acceptors (Lipinski definition) is 4. The number of aromatic nitrogens is 3. The fourth-order valence-electron chi connectivity index (χ4n) is 1.69. The van der Waals surface area contributed by atoms with E-state index in [0.717, 1.165) is 4.47 Å². The number of amides is 3. The van der Waals surface area contributed by atoms with Gasteiger partial charge in [0.25, 0.3) is 5.91 Å². The van der Waals surface area contributed by atoms with Gasteiger partial charge in [-0.15, -0.1) is 0 Å². The van der Waals surface area contributed by atoms with Crippen molar-refractivity contribution in [2.75, 3.05) is 27.2 Å². The molecule has 0 aliphatic heterocycles. The molecule has 0 spiro atoms. The first kappa shape index (κ1) is 15.2. The molecule has 0 aliphatic carbocycles. The largest absolute Gasteiger partial charge is 0.350 e. The minimum atomic E-state index is -0.269. The first-order valence-corrected chi connectivity index (χ1v) is 7.01. The standard InChI is InChI=1S/C12H15BrN6O2/c1-19(2)12(21)15-4-3-14-11(20)8-5-7(13)6-9-10(8)17-18-16-9/h5-6H,3-4H2,1-2H3,(H,14,20)(H,15,21)(H,16,17,18). The van der Waals surface area contributed by atoms with Crippen LogP contribution in [0.2, 0.25) is 0 Å². The van der Waals surface area contributed by atoms with Crippen molar-refractivity contribution in [3.05, 3.63) is 22.2 Å². The zero-order valence-corrected chi connectivity index (χ0v) is 13.2. The summed E-state index contributed by atoms with van der Waals surface area (Å²) in [7, 11) is 3.30. The predicted octanol–water partition coefficient (Wildman–Crippen LogP) is 0.721. The number of rotatable bonds is 4. The summed E-state index contributed by atoms with van der Waals surface area (Å²) < 4.78 is 0.745. The molecule has 112 valence electrons. The summed E-state index contributed by atoms with van der Waals surface area (Å²) in [6.45, 7) is 0.670. The van der Waals surface area contributed by atoms with Crippen molar-refractivity contribution in [3.8, 4) is 0 Å². The number of carbonyl (C=O) groups excluding carboxylic acids is 2. The lowest BCUT2D eigenvalue weighted by atomic mass is 10.1. The molecular weight excluding hydrogens is 340 g/mol. The molecule has 3 amide bonds. The Balaban J connectivity index is 1.96. The Morgan fingerprint density at radius 2 is 1.95 bits per heavy atom. The van der Waals surface area contributed by atoms with Crippen molar-refractivity contribution >= 4 is 38.9 Å². The SMILES string of the molecule is CN(C)C(=O)NCCNC(=O)c1cc(Br)cc2n[nH]nc12. The zero-order chi connectivity index (χ0) is 15.4. The molecular formula is C12H15BrN6O2. The van der Waals surface area contributed by atoms with Gasteiger partial charge in [0.1, 0.15) is 11.0 Å². The maximum absolute atomic E-state index is 12.2. The van der Waals surface area contributed by atoms with Crippen molar-refractivity contribution in [1.82, 2.24) is 30.9 Å². The lowest BCUT2D eigenvalue weighted by molar-refractivity contribution is 0.0955. The molecule has 8 nitrogen and oxygen atoms in total. The molecule has 9 heteroatoms. The summed E-state index contributed by atoms with van der Waals surface area (Å²) >= 11 is 3.33. The van der Waals surface area contributed by atoms with Crippen LogP contribution in [0, 0.1) is 0 Å². The Bertz CT molecular complexity index is 669. The second kappa shape index (κ2) is 6.53. The van der Waals surface area contributed by atoms with Gasteiger partial charge in [-0.1, -0.05) is 15.9 Å². The van der Waals surface area contributed by atoms with Crippen LogP contribution in [0.5, 0.6) is 0 Å². The summed E-state index contributed by atoms with van der Waals surface area (Å²) in [4.78, 5) is 24.9. The molecule has 2 aromatic rings. The van der Waals surface area contributed by atoms with Crippen LogP contribution in [-0.4, -0.2) is 59.4 Å². The highest BCUT2D eigenvalue weighted by Crippen LogP contribution is 2.20. The molecule has 0 aliphatic rings. The molecule has 0 bridgehead atoms. The van der Waals surface area contributed by atoms with Gasteiger partial charge in [0, 0.05) is 31.7 Å². The zero-order valence-electron chi connectivity index (χ0n) is 11.6. The topological polar surface area (TPSA) is 103 Å². The van der Waals surface area contributed by atoms with Gasteiger partial charge in [-0.3, -0.25) is 4.79 Å². The number of carbonyl (C=O) groups is 2. The monoisotopic (exact) mass is 354 g/mol. The molecule has 1 aromatic heterocycles. The molecule has 3 N–H and O–H groups in total. The lowest BCUT2D eigenvalue weighted by Crippen LogP contribution is -2.39. The maximum Gasteiger partial charge on any atom is 0.316 e. The molecule has 1 heterocycles. The molecule has 0 radical (unpaired) electrons. The molecule has 0 saturated carbocycles. The fraction of sp³-hybridized carbons (Fsp3) is 0.333. The van der Waals surface area contributed by atoms with Crippen molar-refractivity contribution in [2.45, 2.75) is 0 Å². The van der Waals surface area contributed by atoms with E-state index in [1.54, 1.807) is 26.2 Å². The number of fused-ring (bicyclic) bond motifs is 1. The van der Waals surface area contributed by atoms with Crippen LogP contribution in [0.4, 0.5) is 4.79 Å². The van der Waals surface area contributed by atoms with Gasteiger partial charge in [0.2, 0.25) is 0 Å². The summed E-state index contributed by atoms with van der Waals surface area (Å²) in [6, 6.07) is 3.25. The third kappa shape index (κ3) is 3.69. The van der Waals surface area contributed by atoms with Crippen LogP contribution in [0.1, 0.15) is 10.4 Å². The number of halogens is 1. The number of nitrogens with zero attached hydrogens (tertiary/aromatic N) is 3. The summed E-state index contributed by atoms with van der Waals surface area (Å²) in [5, 5.41) is 15.8. The van der Waals surface area contributed by atoms with Crippen LogP contribution in [0.25, 0.3) is 11.0 Å². The summed E-state index contributed by atoms with van der Waals surface area (Å²) in [5.74, 6) is -0.269. The third-order valence-electron chi connectivity index (χ3n) is 2.72.